The molecule has 0 aliphatic rings. The molecule has 0 fully saturated rings. The molecule has 0 N–H and O–H groups in total. The van der Waals surface area contributed by atoms with Crippen molar-refractivity contribution >= 4 is 54.5 Å². The lowest BCUT2D eigenvalue weighted by atomic mass is 10.1. The maximum Gasteiger partial charge on any atom is 0.160 e. The minimum absolute atomic E-state index is 0.110. The first-order chi connectivity index (χ1) is 30.1. The number of hydrogen-bond donors (Lipinski definition) is 0. The summed E-state index contributed by atoms with van der Waals surface area (Å²) in [6, 6.07) is 14.5. The van der Waals surface area contributed by atoms with Crippen LogP contribution in [0.1, 0.15) is 20.6 Å². The van der Waals surface area contributed by atoms with Gasteiger partial charge in [0.1, 0.15) is 0 Å². The average Bonchev–Trinajstić information content (AvgIpc) is 3.85. The standard InChI is InChI=1S/C44H28N4/c1-2-12-29(13-3-1)43-36-17-4-8-18-38(36)45-44(46-43)30-22-24-31(25-23-30)47-41-21-11-7-16-35(41)37-28-32(26-27-42(37)47)48-39-19-9-5-14-33(39)34-15-6-10-20-40(34)48/h1-28H/i5D,6D,7D,9D,10D,11D,14D,15D,16D,19D,20D,21D,26D,27D,28D. The number of hydrogen-bond acceptors (Lipinski definition) is 2. The minimum Gasteiger partial charge on any atom is -0.309 e. The molecule has 4 nitrogen and oxygen atoms in total. The van der Waals surface area contributed by atoms with Gasteiger partial charge in [-0.1, -0.05) is 103 Å². The van der Waals surface area contributed by atoms with Crippen LogP contribution < -0.4 is 0 Å². The smallest absolute Gasteiger partial charge is 0.160 e. The van der Waals surface area contributed by atoms with Crippen LogP contribution in [0.2, 0.25) is 0 Å². The predicted molar refractivity (Wildman–Crippen MR) is 199 cm³/mol. The lowest BCUT2D eigenvalue weighted by Crippen LogP contribution is -1.97. The van der Waals surface area contributed by atoms with E-state index in [1.165, 1.54) is 4.57 Å². The van der Waals surface area contributed by atoms with E-state index in [9.17, 15) is 4.11 Å². The Morgan fingerprint density at radius 1 is 0.417 bits per heavy atom. The van der Waals surface area contributed by atoms with Gasteiger partial charge < -0.3 is 9.13 Å². The van der Waals surface area contributed by atoms with Crippen LogP contribution in [-0.2, 0) is 0 Å². The third-order valence-electron chi connectivity index (χ3n) is 8.43. The van der Waals surface area contributed by atoms with Crippen molar-refractivity contribution in [1.29, 1.82) is 0 Å². The Bertz CT molecular complexity index is 3600. The second kappa shape index (κ2) is 10.5. The number of fused-ring (bicyclic) bond motifs is 7. The molecule has 0 atom stereocenters. The second-order valence-electron chi connectivity index (χ2n) is 11.1. The molecule has 0 saturated carbocycles. The third-order valence-corrected chi connectivity index (χ3v) is 8.43. The van der Waals surface area contributed by atoms with Crippen LogP contribution >= 0.6 is 0 Å². The first-order valence-corrected chi connectivity index (χ1v) is 15.0. The van der Waals surface area contributed by atoms with Crippen molar-refractivity contribution in [2.75, 3.05) is 0 Å². The first kappa shape index (κ1) is 15.9. The fourth-order valence-corrected chi connectivity index (χ4v) is 6.30. The van der Waals surface area contributed by atoms with E-state index >= 15 is 0 Å². The third kappa shape index (κ3) is 4.03. The van der Waals surface area contributed by atoms with Crippen molar-refractivity contribution < 1.29 is 20.6 Å². The molecular formula is C44H28N4. The topological polar surface area (TPSA) is 35.6 Å². The van der Waals surface area contributed by atoms with Crippen LogP contribution in [0.15, 0.2) is 169 Å². The lowest BCUT2D eigenvalue weighted by Gasteiger charge is -2.12. The fourth-order valence-electron chi connectivity index (χ4n) is 6.30. The van der Waals surface area contributed by atoms with Gasteiger partial charge in [0.15, 0.2) is 5.82 Å². The Kier molecular flexibility index (Phi) is 3.47. The molecule has 7 aromatic carbocycles. The summed E-state index contributed by atoms with van der Waals surface area (Å²) in [5.41, 5.74) is 1.73. The maximum absolute atomic E-state index is 9.81. The lowest BCUT2D eigenvalue weighted by molar-refractivity contribution is 1.16. The van der Waals surface area contributed by atoms with Crippen molar-refractivity contribution in [1.82, 2.24) is 19.1 Å². The van der Waals surface area contributed by atoms with Crippen LogP contribution in [0.25, 0.3) is 88.5 Å². The van der Waals surface area contributed by atoms with E-state index in [0.717, 1.165) is 15.5 Å². The fraction of sp³-hybridized carbons (Fsp3) is 0. The van der Waals surface area contributed by atoms with Gasteiger partial charge in [-0.05, 0) is 66.6 Å². The maximum atomic E-state index is 9.81. The Balaban J connectivity index is 1.30. The molecule has 4 heteroatoms. The van der Waals surface area contributed by atoms with Gasteiger partial charge in [-0.3, -0.25) is 0 Å². The molecule has 48 heavy (non-hydrogen) atoms. The van der Waals surface area contributed by atoms with Gasteiger partial charge in [-0.2, -0.15) is 0 Å². The minimum atomic E-state index is -0.711. The molecule has 10 aromatic rings. The van der Waals surface area contributed by atoms with E-state index in [0.29, 0.717) is 28.3 Å². The average molecular weight is 628 g/mol. The number of benzene rings is 7. The van der Waals surface area contributed by atoms with Crippen molar-refractivity contribution in [3.8, 4) is 34.0 Å². The zero-order chi connectivity index (χ0) is 44.7. The van der Waals surface area contributed by atoms with E-state index in [4.69, 9.17) is 26.4 Å². The molecule has 3 heterocycles. The van der Waals surface area contributed by atoms with Crippen molar-refractivity contribution in [2.24, 2.45) is 0 Å². The van der Waals surface area contributed by atoms with Gasteiger partial charge >= 0.3 is 0 Å². The largest absolute Gasteiger partial charge is 0.309 e. The molecule has 0 radical (unpaired) electrons. The summed E-state index contributed by atoms with van der Waals surface area (Å²) in [5, 5.41) is -0.0907. The Morgan fingerprint density at radius 2 is 0.979 bits per heavy atom. The van der Waals surface area contributed by atoms with Gasteiger partial charge in [0.2, 0.25) is 0 Å². The van der Waals surface area contributed by atoms with Gasteiger partial charge in [0, 0.05) is 49.4 Å². The molecule has 224 valence electrons. The van der Waals surface area contributed by atoms with Crippen molar-refractivity contribution in [2.45, 2.75) is 0 Å². The highest BCUT2D eigenvalue weighted by atomic mass is 15.0. The highest BCUT2D eigenvalue weighted by molar-refractivity contribution is 6.12. The van der Waals surface area contributed by atoms with Gasteiger partial charge in [0.05, 0.1) is 53.8 Å². The highest BCUT2D eigenvalue weighted by Gasteiger charge is 2.17. The van der Waals surface area contributed by atoms with E-state index in [1.54, 1.807) is 24.3 Å². The summed E-state index contributed by atoms with van der Waals surface area (Å²) in [4.78, 5) is 9.78. The monoisotopic (exact) mass is 627 g/mol. The normalized spacial score (nSPS) is 16.1. The van der Waals surface area contributed by atoms with E-state index in [2.05, 4.69) is 0 Å². The Morgan fingerprint density at radius 3 is 1.67 bits per heavy atom. The van der Waals surface area contributed by atoms with Crippen LogP contribution in [-0.4, -0.2) is 19.1 Å². The molecule has 10 rings (SSSR count). The van der Waals surface area contributed by atoms with E-state index < -0.39 is 96.3 Å². The molecule has 0 amide bonds. The van der Waals surface area contributed by atoms with Crippen LogP contribution in [0.4, 0.5) is 0 Å². The second-order valence-corrected chi connectivity index (χ2v) is 11.1. The molecular weight excluding hydrogens is 585 g/mol. The highest BCUT2D eigenvalue weighted by Crippen LogP contribution is 2.37. The van der Waals surface area contributed by atoms with Gasteiger partial charge in [-0.25, -0.2) is 9.97 Å². The van der Waals surface area contributed by atoms with Gasteiger partial charge in [0.25, 0.3) is 0 Å². The van der Waals surface area contributed by atoms with Crippen LogP contribution in [0.5, 0.6) is 0 Å². The molecule has 0 spiro atoms. The molecule has 0 aliphatic carbocycles. The summed E-state index contributed by atoms with van der Waals surface area (Å²) in [6.45, 7) is 0. The van der Waals surface area contributed by atoms with E-state index in [1.807, 2.05) is 54.6 Å². The Hall–Kier alpha value is -6.52. The van der Waals surface area contributed by atoms with Gasteiger partial charge in [-0.15, -0.1) is 0 Å². The van der Waals surface area contributed by atoms with Crippen molar-refractivity contribution in [3.05, 3.63) is 169 Å². The summed E-state index contributed by atoms with van der Waals surface area (Å²) in [7, 11) is 0. The van der Waals surface area contributed by atoms with Crippen molar-refractivity contribution in [3.63, 3.8) is 0 Å². The molecule has 0 unspecified atom stereocenters. The summed E-state index contributed by atoms with van der Waals surface area (Å²) in [5.74, 6) is 0.401. The SMILES string of the molecule is [2H]c1c([2H])c([2H])c2c(c1[2H])c1c([2H])c(-n3c4c([2H])c([2H])c([2H])c([2H])c4c4c([2H])c([2H])c([2H])c([2H])c43)c([2H])c([2H])c1n2-c1ccc(-c2nc(-c3ccccc3)c3ccccc3n2)cc1. The zero-order valence-corrected chi connectivity index (χ0v) is 24.8. The summed E-state index contributed by atoms with van der Waals surface area (Å²) in [6.07, 6.45) is 0. The molecule has 3 aromatic heterocycles. The summed E-state index contributed by atoms with van der Waals surface area (Å²) >= 11 is 0. The quantitative estimate of drug-likeness (QED) is 0.195. The predicted octanol–water partition coefficient (Wildman–Crippen LogP) is 11.2. The van der Waals surface area contributed by atoms with E-state index in [-0.39, 0.29) is 43.6 Å². The number of aromatic nitrogens is 4. The Labute approximate surface area is 297 Å². The first-order valence-electron chi connectivity index (χ1n) is 22.5. The molecule has 0 bridgehead atoms. The number of nitrogens with zero attached hydrogens (tertiary/aromatic N) is 4. The van der Waals surface area contributed by atoms with Crippen LogP contribution in [0, 0.1) is 0 Å². The molecule has 0 saturated heterocycles. The molecule has 0 aliphatic heterocycles. The summed E-state index contributed by atoms with van der Waals surface area (Å²) < 4.78 is 136. The number of para-hydroxylation sites is 4. The zero-order valence-electron chi connectivity index (χ0n) is 39.8. The van der Waals surface area contributed by atoms with Crippen LogP contribution in [0.3, 0.4) is 0 Å². The number of rotatable bonds is 4.